The van der Waals surface area contributed by atoms with Crippen LogP contribution >= 0.6 is 0 Å². The van der Waals surface area contributed by atoms with E-state index in [1.54, 1.807) is 25.2 Å². The zero-order chi connectivity index (χ0) is 14.5. The fraction of sp³-hybridized carbons (Fsp3) is 0.133. The van der Waals surface area contributed by atoms with Crippen molar-refractivity contribution in [3.05, 3.63) is 59.9 Å². The van der Waals surface area contributed by atoms with E-state index in [-0.39, 0.29) is 6.03 Å². The second-order valence-corrected chi connectivity index (χ2v) is 4.50. The van der Waals surface area contributed by atoms with Gasteiger partial charge < -0.3 is 16.0 Å². The topological polar surface area (TPSA) is 58.4 Å². The van der Waals surface area contributed by atoms with E-state index in [1.807, 2.05) is 18.2 Å². The molecule has 2 rings (SSSR count). The van der Waals surface area contributed by atoms with E-state index >= 15 is 0 Å². The number of nitrogens with zero attached hydrogens (tertiary/aromatic N) is 1. The normalized spacial score (nSPS) is 10.1. The first kappa shape index (κ1) is 13.9. The van der Waals surface area contributed by atoms with Crippen LogP contribution in [-0.2, 0) is 6.54 Å². The predicted molar refractivity (Wildman–Crippen MR) is 77.7 cm³/mol. The van der Waals surface area contributed by atoms with Crippen LogP contribution in [0.25, 0.3) is 0 Å². The highest BCUT2D eigenvalue weighted by Crippen LogP contribution is 2.14. The Morgan fingerprint density at radius 1 is 1.25 bits per heavy atom. The minimum atomic E-state index is -0.391. The predicted octanol–water partition coefficient (Wildman–Crippen LogP) is 3.07. The number of carbonyl (C=O) groups is 1. The molecule has 4 nitrogen and oxygen atoms in total. The monoisotopic (exact) mass is 273 g/mol. The number of urea groups is 1. The van der Waals surface area contributed by atoms with Gasteiger partial charge in [-0.25, -0.2) is 9.18 Å². The number of hydrogen-bond acceptors (Lipinski definition) is 2. The summed E-state index contributed by atoms with van der Waals surface area (Å²) < 4.78 is 13.0. The van der Waals surface area contributed by atoms with Crippen LogP contribution in [-0.4, -0.2) is 18.0 Å². The highest BCUT2D eigenvalue weighted by molar-refractivity contribution is 5.89. The standard InChI is InChI=1S/C15H16FN3O/c1-19(10-11-5-2-3-8-14(11)17)15(20)18-13-7-4-6-12(16)9-13/h2-9H,10,17H2,1H3,(H,18,20). The molecule has 0 aliphatic carbocycles. The Morgan fingerprint density at radius 3 is 2.70 bits per heavy atom. The summed E-state index contributed by atoms with van der Waals surface area (Å²) in [5, 5.41) is 2.63. The van der Waals surface area contributed by atoms with Gasteiger partial charge in [0.05, 0.1) is 0 Å². The van der Waals surface area contributed by atoms with Gasteiger partial charge in [-0.2, -0.15) is 0 Å². The number of para-hydroxylation sites is 1. The summed E-state index contributed by atoms with van der Waals surface area (Å²) in [5.41, 5.74) is 7.75. The van der Waals surface area contributed by atoms with Gasteiger partial charge in [-0.1, -0.05) is 24.3 Å². The number of amides is 2. The zero-order valence-corrected chi connectivity index (χ0v) is 11.1. The molecule has 0 atom stereocenters. The van der Waals surface area contributed by atoms with E-state index < -0.39 is 5.82 Å². The van der Waals surface area contributed by atoms with Crippen molar-refractivity contribution in [2.75, 3.05) is 18.1 Å². The van der Waals surface area contributed by atoms with Crippen LogP contribution in [0.4, 0.5) is 20.6 Å². The van der Waals surface area contributed by atoms with Gasteiger partial charge in [-0.3, -0.25) is 0 Å². The number of benzene rings is 2. The molecule has 20 heavy (non-hydrogen) atoms. The first-order chi connectivity index (χ1) is 9.56. The molecular weight excluding hydrogens is 257 g/mol. The molecule has 3 N–H and O–H groups in total. The van der Waals surface area contributed by atoms with E-state index in [2.05, 4.69) is 5.32 Å². The summed E-state index contributed by atoms with van der Waals surface area (Å²) in [6.45, 7) is 0.383. The van der Waals surface area contributed by atoms with Gasteiger partial charge in [0.2, 0.25) is 0 Å². The maximum Gasteiger partial charge on any atom is 0.321 e. The Bertz CT molecular complexity index is 616. The molecule has 0 spiro atoms. The van der Waals surface area contributed by atoms with Crippen molar-refractivity contribution in [2.45, 2.75) is 6.54 Å². The van der Waals surface area contributed by atoms with Crippen molar-refractivity contribution >= 4 is 17.4 Å². The summed E-state index contributed by atoms with van der Waals surface area (Å²) in [6, 6.07) is 12.8. The number of carbonyl (C=O) groups excluding carboxylic acids is 1. The molecule has 2 amide bonds. The lowest BCUT2D eigenvalue weighted by atomic mass is 10.2. The van der Waals surface area contributed by atoms with Gasteiger partial charge in [0, 0.05) is 25.0 Å². The van der Waals surface area contributed by atoms with Crippen LogP contribution in [0.2, 0.25) is 0 Å². The summed E-state index contributed by atoms with van der Waals surface area (Å²) in [4.78, 5) is 13.5. The first-order valence-electron chi connectivity index (χ1n) is 6.17. The number of rotatable bonds is 3. The second kappa shape index (κ2) is 6.06. The minimum absolute atomic E-state index is 0.321. The summed E-state index contributed by atoms with van der Waals surface area (Å²) in [6.07, 6.45) is 0. The zero-order valence-electron chi connectivity index (χ0n) is 11.1. The molecule has 0 unspecified atom stereocenters. The average Bonchev–Trinajstić information content (AvgIpc) is 2.41. The molecule has 0 saturated heterocycles. The number of halogens is 1. The molecule has 0 aliphatic rings. The fourth-order valence-electron chi connectivity index (χ4n) is 1.79. The van der Waals surface area contributed by atoms with Crippen LogP contribution in [0.3, 0.4) is 0 Å². The molecule has 0 fully saturated rings. The maximum atomic E-state index is 13.0. The molecule has 0 heterocycles. The second-order valence-electron chi connectivity index (χ2n) is 4.50. The smallest absolute Gasteiger partial charge is 0.321 e. The van der Waals surface area contributed by atoms with Gasteiger partial charge >= 0.3 is 6.03 Å². The summed E-state index contributed by atoms with van der Waals surface area (Å²) >= 11 is 0. The molecular formula is C15H16FN3O. The molecule has 0 bridgehead atoms. The van der Waals surface area contributed by atoms with Crippen molar-refractivity contribution in [1.82, 2.24) is 4.90 Å². The Balaban J connectivity index is 2.01. The maximum absolute atomic E-state index is 13.0. The first-order valence-corrected chi connectivity index (χ1v) is 6.17. The van der Waals surface area contributed by atoms with Gasteiger partial charge in [-0.05, 0) is 29.8 Å². The molecule has 0 radical (unpaired) electrons. The Kier molecular flexibility index (Phi) is 4.20. The van der Waals surface area contributed by atoms with E-state index in [9.17, 15) is 9.18 Å². The summed E-state index contributed by atoms with van der Waals surface area (Å²) in [5.74, 6) is -0.391. The van der Waals surface area contributed by atoms with Crippen LogP contribution < -0.4 is 11.1 Å². The van der Waals surface area contributed by atoms with Crippen LogP contribution in [0.15, 0.2) is 48.5 Å². The fourth-order valence-corrected chi connectivity index (χ4v) is 1.79. The number of hydrogen-bond donors (Lipinski definition) is 2. The lowest BCUT2D eigenvalue weighted by molar-refractivity contribution is 0.221. The third kappa shape index (κ3) is 3.47. The van der Waals surface area contributed by atoms with Crippen LogP contribution in [0.5, 0.6) is 0 Å². The molecule has 0 saturated carbocycles. The van der Waals surface area contributed by atoms with Crippen LogP contribution in [0, 0.1) is 5.82 Å². The van der Waals surface area contributed by atoms with Crippen molar-refractivity contribution in [3.63, 3.8) is 0 Å². The molecule has 2 aromatic carbocycles. The van der Waals surface area contributed by atoms with Gasteiger partial charge in [0.25, 0.3) is 0 Å². The Labute approximate surface area is 117 Å². The highest BCUT2D eigenvalue weighted by atomic mass is 19.1. The number of nitrogens with two attached hydrogens (primary N) is 1. The van der Waals surface area contributed by atoms with E-state index in [1.165, 1.54) is 17.0 Å². The largest absolute Gasteiger partial charge is 0.398 e. The van der Waals surface area contributed by atoms with E-state index in [4.69, 9.17) is 5.73 Å². The average molecular weight is 273 g/mol. The lowest BCUT2D eigenvalue weighted by Crippen LogP contribution is -2.31. The molecule has 104 valence electrons. The van der Waals surface area contributed by atoms with Gasteiger partial charge in [-0.15, -0.1) is 0 Å². The minimum Gasteiger partial charge on any atom is -0.398 e. The van der Waals surface area contributed by atoms with Crippen molar-refractivity contribution < 1.29 is 9.18 Å². The summed E-state index contributed by atoms with van der Waals surface area (Å²) in [7, 11) is 1.65. The third-order valence-electron chi connectivity index (χ3n) is 2.89. The Morgan fingerprint density at radius 2 is 2.00 bits per heavy atom. The van der Waals surface area contributed by atoms with Crippen LogP contribution in [0.1, 0.15) is 5.56 Å². The molecule has 2 aromatic rings. The number of nitrogen functional groups attached to an aromatic ring is 1. The molecule has 0 aromatic heterocycles. The van der Waals surface area contributed by atoms with Gasteiger partial charge in [0.15, 0.2) is 0 Å². The number of nitrogens with one attached hydrogen (secondary N) is 1. The molecule has 5 heteroatoms. The van der Waals surface area contributed by atoms with Crippen molar-refractivity contribution in [2.24, 2.45) is 0 Å². The highest BCUT2D eigenvalue weighted by Gasteiger charge is 2.10. The number of anilines is 2. The SMILES string of the molecule is CN(Cc1ccccc1N)C(=O)Nc1cccc(F)c1. The lowest BCUT2D eigenvalue weighted by Gasteiger charge is -2.19. The Hall–Kier alpha value is -2.56. The molecule has 0 aliphatic heterocycles. The van der Waals surface area contributed by atoms with Gasteiger partial charge in [0.1, 0.15) is 5.82 Å². The third-order valence-corrected chi connectivity index (χ3v) is 2.89. The van der Waals surface area contributed by atoms with E-state index in [0.717, 1.165) is 5.56 Å². The van der Waals surface area contributed by atoms with Crippen molar-refractivity contribution in [1.29, 1.82) is 0 Å². The van der Waals surface area contributed by atoms with Crippen molar-refractivity contribution in [3.8, 4) is 0 Å². The quantitative estimate of drug-likeness (QED) is 0.844. The van der Waals surface area contributed by atoms with E-state index in [0.29, 0.717) is 17.9 Å².